The summed E-state index contributed by atoms with van der Waals surface area (Å²) >= 11 is 0. The van der Waals surface area contributed by atoms with Gasteiger partial charge < -0.3 is 5.32 Å². The van der Waals surface area contributed by atoms with Gasteiger partial charge in [0.05, 0.1) is 0 Å². The maximum Gasteiger partial charge on any atom is 0.00891 e. The molecule has 1 atom stereocenters. The molecular formula is C10H17N. The van der Waals surface area contributed by atoms with Gasteiger partial charge in [-0.1, -0.05) is 6.42 Å². The van der Waals surface area contributed by atoms with Crippen molar-refractivity contribution in [3.8, 4) is 12.3 Å². The molecule has 0 amide bonds. The van der Waals surface area contributed by atoms with Gasteiger partial charge in [-0.15, -0.1) is 12.3 Å². The van der Waals surface area contributed by atoms with Crippen LogP contribution in [0.15, 0.2) is 0 Å². The maximum atomic E-state index is 5.21. The molecule has 11 heavy (non-hydrogen) atoms. The first-order chi connectivity index (χ1) is 5.43. The van der Waals surface area contributed by atoms with E-state index >= 15 is 0 Å². The van der Waals surface area contributed by atoms with Gasteiger partial charge in [0.1, 0.15) is 0 Å². The Labute approximate surface area is 69.6 Å². The summed E-state index contributed by atoms with van der Waals surface area (Å²) in [4.78, 5) is 0. The van der Waals surface area contributed by atoms with Gasteiger partial charge in [-0.25, -0.2) is 0 Å². The summed E-state index contributed by atoms with van der Waals surface area (Å²) in [7, 11) is 0. The highest BCUT2D eigenvalue weighted by molar-refractivity contribution is 4.84. The van der Waals surface area contributed by atoms with Gasteiger partial charge in [-0.05, 0) is 38.3 Å². The fourth-order valence-electron chi connectivity index (χ4n) is 1.63. The second kappa shape index (κ2) is 5.21. The van der Waals surface area contributed by atoms with Crippen LogP contribution in [0, 0.1) is 18.3 Å². The van der Waals surface area contributed by atoms with Crippen molar-refractivity contribution in [1.29, 1.82) is 0 Å². The number of terminal acetylenes is 1. The van der Waals surface area contributed by atoms with Crippen molar-refractivity contribution >= 4 is 0 Å². The highest BCUT2D eigenvalue weighted by Gasteiger charge is 2.09. The van der Waals surface area contributed by atoms with Crippen molar-refractivity contribution in [3.63, 3.8) is 0 Å². The molecule has 1 unspecified atom stereocenters. The molecule has 0 aromatic carbocycles. The Morgan fingerprint density at radius 1 is 1.45 bits per heavy atom. The normalized spacial score (nSPS) is 25.5. The lowest BCUT2D eigenvalue weighted by Crippen LogP contribution is -2.20. The van der Waals surface area contributed by atoms with Crippen molar-refractivity contribution in [2.45, 2.75) is 32.1 Å². The molecular weight excluding hydrogens is 134 g/mol. The van der Waals surface area contributed by atoms with E-state index in [9.17, 15) is 0 Å². The maximum absolute atomic E-state index is 5.21. The van der Waals surface area contributed by atoms with Crippen LogP contribution in [-0.4, -0.2) is 13.1 Å². The van der Waals surface area contributed by atoms with Gasteiger partial charge in [-0.2, -0.15) is 0 Å². The molecule has 0 spiro atoms. The van der Waals surface area contributed by atoms with Crippen LogP contribution in [0.25, 0.3) is 0 Å². The predicted octanol–water partition coefficient (Wildman–Crippen LogP) is 1.79. The quantitative estimate of drug-likeness (QED) is 0.593. The van der Waals surface area contributed by atoms with Crippen molar-refractivity contribution < 1.29 is 0 Å². The molecule has 1 heterocycles. The standard InChI is InChI=1S/C10H17N/c1-2-3-6-10-7-4-5-8-11-9-10/h1,10-11H,3-9H2. The Hall–Kier alpha value is -0.480. The zero-order chi connectivity index (χ0) is 7.94. The van der Waals surface area contributed by atoms with Gasteiger partial charge in [-0.3, -0.25) is 0 Å². The predicted molar refractivity (Wildman–Crippen MR) is 48.3 cm³/mol. The molecule has 0 radical (unpaired) electrons. The Balaban J connectivity index is 2.15. The molecule has 1 rings (SSSR count). The zero-order valence-corrected chi connectivity index (χ0v) is 7.10. The van der Waals surface area contributed by atoms with E-state index in [-0.39, 0.29) is 0 Å². The molecule has 0 aromatic rings. The van der Waals surface area contributed by atoms with Gasteiger partial charge in [0, 0.05) is 6.42 Å². The summed E-state index contributed by atoms with van der Waals surface area (Å²) in [6, 6.07) is 0. The van der Waals surface area contributed by atoms with Crippen LogP contribution in [-0.2, 0) is 0 Å². The lowest BCUT2D eigenvalue weighted by Gasteiger charge is -2.11. The molecule has 62 valence electrons. The minimum Gasteiger partial charge on any atom is -0.316 e. The molecule has 1 aliphatic heterocycles. The monoisotopic (exact) mass is 151 g/mol. The minimum atomic E-state index is 0.841. The summed E-state index contributed by atoms with van der Waals surface area (Å²) in [5.74, 6) is 3.55. The van der Waals surface area contributed by atoms with Crippen LogP contribution in [0.2, 0.25) is 0 Å². The summed E-state index contributed by atoms with van der Waals surface area (Å²) in [6.07, 6.45) is 11.5. The van der Waals surface area contributed by atoms with Crippen LogP contribution in [0.4, 0.5) is 0 Å². The van der Waals surface area contributed by atoms with Gasteiger partial charge >= 0.3 is 0 Å². The van der Waals surface area contributed by atoms with Crippen molar-refractivity contribution in [1.82, 2.24) is 5.32 Å². The largest absolute Gasteiger partial charge is 0.316 e. The molecule has 0 saturated carbocycles. The zero-order valence-electron chi connectivity index (χ0n) is 7.10. The summed E-state index contributed by atoms with van der Waals surface area (Å²) < 4.78 is 0. The molecule has 1 aliphatic rings. The second-order valence-corrected chi connectivity index (χ2v) is 3.31. The summed E-state index contributed by atoms with van der Waals surface area (Å²) in [5.41, 5.74) is 0. The third kappa shape index (κ3) is 3.43. The lowest BCUT2D eigenvalue weighted by atomic mass is 9.98. The van der Waals surface area contributed by atoms with Crippen molar-refractivity contribution in [2.24, 2.45) is 5.92 Å². The van der Waals surface area contributed by atoms with E-state index in [2.05, 4.69) is 11.2 Å². The van der Waals surface area contributed by atoms with Crippen molar-refractivity contribution in [3.05, 3.63) is 0 Å². The van der Waals surface area contributed by atoms with E-state index < -0.39 is 0 Å². The molecule has 1 fully saturated rings. The van der Waals surface area contributed by atoms with E-state index in [1.54, 1.807) is 0 Å². The number of rotatable bonds is 2. The lowest BCUT2D eigenvalue weighted by molar-refractivity contribution is 0.453. The average molecular weight is 151 g/mol. The van der Waals surface area contributed by atoms with Gasteiger partial charge in [0.15, 0.2) is 0 Å². The van der Waals surface area contributed by atoms with E-state index in [0.29, 0.717) is 0 Å². The minimum absolute atomic E-state index is 0.841. The highest BCUT2D eigenvalue weighted by atomic mass is 14.9. The second-order valence-electron chi connectivity index (χ2n) is 3.31. The van der Waals surface area contributed by atoms with E-state index in [1.165, 1.54) is 38.8 Å². The molecule has 0 aromatic heterocycles. The number of hydrogen-bond acceptors (Lipinski definition) is 1. The van der Waals surface area contributed by atoms with Gasteiger partial charge in [0.25, 0.3) is 0 Å². The molecule has 1 saturated heterocycles. The summed E-state index contributed by atoms with van der Waals surface area (Å²) in [6.45, 7) is 2.38. The molecule has 0 aliphatic carbocycles. The Morgan fingerprint density at radius 2 is 2.36 bits per heavy atom. The van der Waals surface area contributed by atoms with Crippen LogP contribution < -0.4 is 5.32 Å². The molecule has 1 nitrogen and oxygen atoms in total. The smallest absolute Gasteiger partial charge is 0.00891 e. The fraction of sp³-hybridized carbons (Fsp3) is 0.800. The van der Waals surface area contributed by atoms with Crippen LogP contribution in [0.3, 0.4) is 0 Å². The van der Waals surface area contributed by atoms with Crippen LogP contribution in [0.1, 0.15) is 32.1 Å². The first-order valence-corrected chi connectivity index (χ1v) is 4.57. The first-order valence-electron chi connectivity index (χ1n) is 4.57. The highest BCUT2D eigenvalue weighted by Crippen LogP contribution is 2.15. The Kier molecular flexibility index (Phi) is 4.08. The van der Waals surface area contributed by atoms with Crippen molar-refractivity contribution in [2.75, 3.05) is 13.1 Å². The van der Waals surface area contributed by atoms with Crippen LogP contribution >= 0.6 is 0 Å². The molecule has 0 bridgehead atoms. The van der Waals surface area contributed by atoms with E-state index in [0.717, 1.165) is 12.3 Å². The SMILES string of the molecule is C#CCCC1CCCCNC1. The van der Waals surface area contributed by atoms with Crippen LogP contribution in [0.5, 0.6) is 0 Å². The molecule has 1 heteroatoms. The van der Waals surface area contributed by atoms with E-state index in [1.807, 2.05) is 0 Å². The number of nitrogens with one attached hydrogen (secondary N) is 1. The Bertz CT molecular complexity index is 126. The Morgan fingerprint density at radius 3 is 3.18 bits per heavy atom. The average Bonchev–Trinajstić information content (AvgIpc) is 2.28. The van der Waals surface area contributed by atoms with Gasteiger partial charge in [0.2, 0.25) is 0 Å². The third-order valence-corrected chi connectivity index (χ3v) is 2.35. The molecule has 1 N–H and O–H groups in total. The fourth-order valence-corrected chi connectivity index (χ4v) is 1.63. The topological polar surface area (TPSA) is 12.0 Å². The first kappa shape index (κ1) is 8.62. The van der Waals surface area contributed by atoms with E-state index in [4.69, 9.17) is 6.42 Å². The summed E-state index contributed by atoms with van der Waals surface area (Å²) in [5, 5.41) is 3.44. The number of hydrogen-bond donors (Lipinski definition) is 1. The third-order valence-electron chi connectivity index (χ3n) is 2.35.